The molecule has 4 heterocycles. The lowest BCUT2D eigenvalue weighted by molar-refractivity contribution is 0.482. The number of hydrogen-bond donors (Lipinski definition) is 0. The van der Waals surface area contributed by atoms with Gasteiger partial charge in [-0.25, -0.2) is 9.97 Å². The second-order valence-electron chi connectivity index (χ2n) is 10.1. The van der Waals surface area contributed by atoms with Crippen LogP contribution in [0.25, 0.3) is 22.7 Å². The zero-order chi connectivity index (χ0) is 24.9. The Morgan fingerprint density at radius 1 is 0.800 bits per heavy atom. The Bertz CT molecular complexity index is 1550. The van der Waals surface area contributed by atoms with E-state index in [0.29, 0.717) is 0 Å². The van der Waals surface area contributed by atoms with Crippen LogP contribution in [0, 0.1) is 27.7 Å². The van der Waals surface area contributed by atoms with E-state index in [1.807, 2.05) is 50.6 Å². The minimum absolute atomic E-state index is 0.0229. The number of fused-ring (bicyclic) bond motifs is 1. The molecule has 0 N–H and O–H groups in total. The van der Waals surface area contributed by atoms with Gasteiger partial charge in [-0.3, -0.25) is 9.38 Å². The van der Waals surface area contributed by atoms with Crippen LogP contribution in [0.4, 0.5) is 0 Å². The topological polar surface area (TPSA) is 57.2 Å². The van der Waals surface area contributed by atoms with Crippen LogP contribution in [0.3, 0.4) is 0 Å². The molecule has 0 aliphatic carbocycles. The number of aryl methyl sites for hydroxylation is 3. The van der Waals surface area contributed by atoms with E-state index in [9.17, 15) is 0 Å². The summed E-state index contributed by atoms with van der Waals surface area (Å²) in [5.74, 6) is 1.47. The maximum atomic E-state index is 6.39. The van der Waals surface area contributed by atoms with Gasteiger partial charge in [0.15, 0.2) is 0 Å². The highest BCUT2D eigenvalue weighted by Gasteiger charge is 2.18. The number of ether oxygens (including phenoxy) is 1. The Hall–Kier alpha value is -3.93. The van der Waals surface area contributed by atoms with Crippen LogP contribution >= 0.6 is 0 Å². The molecule has 0 bridgehead atoms. The fourth-order valence-corrected chi connectivity index (χ4v) is 4.28. The molecule has 0 aliphatic heterocycles. The molecule has 178 valence electrons. The van der Waals surface area contributed by atoms with Crippen molar-refractivity contribution in [1.82, 2.24) is 23.9 Å². The number of rotatable bonds is 4. The smallest absolute Gasteiger partial charge is 0.141 e. The van der Waals surface area contributed by atoms with Crippen molar-refractivity contribution in [3.63, 3.8) is 0 Å². The Morgan fingerprint density at radius 3 is 2.31 bits per heavy atom. The van der Waals surface area contributed by atoms with Crippen molar-refractivity contribution < 1.29 is 4.74 Å². The molecule has 6 nitrogen and oxygen atoms in total. The van der Waals surface area contributed by atoms with Crippen LogP contribution in [-0.2, 0) is 5.41 Å². The van der Waals surface area contributed by atoms with E-state index >= 15 is 0 Å². The minimum Gasteiger partial charge on any atom is -0.457 e. The number of benzene rings is 1. The van der Waals surface area contributed by atoms with Crippen molar-refractivity contribution in [1.29, 1.82) is 0 Å². The van der Waals surface area contributed by atoms with Gasteiger partial charge in [0.25, 0.3) is 0 Å². The highest BCUT2D eigenvalue weighted by Crippen LogP contribution is 2.33. The number of aromatic nitrogens is 5. The quantitative estimate of drug-likeness (QED) is 0.289. The van der Waals surface area contributed by atoms with Crippen LogP contribution in [0.5, 0.6) is 11.5 Å². The summed E-state index contributed by atoms with van der Waals surface area (Å²) in [5.41, 5.74) is 9.17. The Balaban J connectivity index is 1.61. The average molecular weight is 466 g/mol. The zero-order valence-corrected chi connectivity index (χ0v) is 21.4. The maximum Gasteiger partial charge on any atom is 0.141 e. The predicted octanol–water partition coefficient (Wildman–Crippen LogP) is 6.91. The van der Waals surface area contributed by atoms with Crippen LogP contribution in [0.1, 0.15) is 49.1 Å². The molecular weight excluding hydrogens is 434 g/mol. The summed E-state index contributed by atoms with van der Waals surface area (Å²) in [4.78, 5) is 13.9. The highest BCUT2D eigenvalue weighted by atomic mass is 16.5. The molecule has 6 heteroatoms. The summed E-state index contributed by atoms with van der Waals surface area (Å²) in [6, 6.07) is 16.3. The number of pyridine rings is 2. The van der Waals surface area contributed by atoms with Gasteiger partial charge in [0.05, 0.1) is 34.8 Å². The van der Waals surface area contributed by atoms with Crippen molar-refractivity contribution in [2.75, 3.05) is 0 Å². The second-order valence-corrected chi connectivity index (χ2v) is 10.1. The fraction of sp³-hybridized carbons (Fsp3) is 0.276. The van der Waals surface area contributed by atoms with Crippen LogP contribution in [0.2, 0.25) is 0 Å². The first-order chi connectivity index (χ1) is 16.6. The summed E-state index contributed by atoms with van der Waals surface area (Å²) < 4.78 is 10.6. The molecule has 0 atom stereocenters. The van der Waals surface area contributed by atoms with E-state index in [0.717, 1.165) is 57.0 Å². The lowest BCUT2D eigenvalue weighted by Gasteiger charge is -2.20. The van der Waals surface area contributed by atoms with Crippen molar-refractivity contribution in [2.45, 2.75) is 53.9 Å². The zero-order valence-electron chi connectivity index (χ0n) is 21.4. The van der Waals surface area contributed by atoms with Gasteiger partial charge in [-0.2, -0.15) is 0 Å². The summed E-state index contributed by atoms with van der Waals surface area (Å²) in [6.07, 6.45) is 3.73. The highest BCUT2D eigenvalue weighted by molar-refractivity contribution is 5.66. The lowest BCUT2D eigenvalue weighted by atomic mass is 9.87. The summed E-state index contributed by atoms with van der Waals surface area (Å²) in [7, 11) is 0. The SMILES string of the molecule is Cc1ncn(-c2cccc(Oc3cc(-c4cc(C(C)(C)C)ccn4)n4c(C)c(C)nc4c3)c2)c1C. The first-order valence-electron chi connectivity index (χ1n) is 11.9. The molecular formula is C29H31N5O. The van der Waals surface area contributed by atoms with Gasteiger partial charge in [0, 0.05) is 35.8 Å². The fourth-order valence-electron chi connectivity index (χ4n) is 4.28. The van der Waals surface area contributed by atoms with Crippen LogP contribution in [0.15, 0.2) is 61.1 Å². The summed E-state index contributed by atoms with van der Waals surface area (Å²) in [5, 5.41) is 0. The third kappa shape index (κ3) is 4.20. The Morgan fingerprint density at radius 2 is 1.60 bits per heavy atom. The van der Waals surface area contributed by atoms with E-state index < -0.39 is 0 Å². The molecule has 4 aromatic heterocycles. The van der Waals surface area contributed by atoms with Gasteiger partial charge in [-0.1, -0.05) is 26.8 Å². The molecule has 0 spiro atoms. The van der Waals surface area contributed by atoms with E-state index in [4.69, 9.17) is 14.7 Å². The lowest BCUT2D eigenvalue weighted by Crippen LogP contribution is -2.11. The molecule has 1 aromatic carbocycles. The third-order valence-electron chi connectivity index (χ3n) is 6.63. The van der Waals surface area contributed by atoms with Gasteiger partial charge in [0.2, 0.25) is 0 Å². The van der Waals surface area contributed by atoms with E-state index in [1.54, 1.807) is 0 Å². The second kappa shape index (κ2) is 8.38. The van der Waals surface area contributed by atoms with Gasteiger partial charge in [-0.15, -0.1) is 0 Å². The van der Waals surface area contributed by atoms with Gasteiger partial charge < -0.3 is 9.30 Å². The molecule has 0 unspecified atom stereocenters. The maximum absolute atomic E-state index is 6.39. The number of nitrogens with zero attached hydrogens (tertiary/aromatic N) is 5. The third-order valence-corrected chi connectivity index (χ3v) is 6.63. The van der Waals surface area contributed by atoms with Gasteiger partial charge in [-0.05, 0) is 62.9 Å². The first-order valence-corrected chi connectivity index (χ1v) is 11.9. The number of hydrogen-bond acceptors (Lipinski definition) is 4. The van der Waals surface area contributed by atoms with E-state index in [2.05, 4.69) is 72.8 Å². The largest absolute Gasteiger partial charge is 0.457 e. The molecule has 35 heavy (non-hydrogen) atoms. The molecule has 0 fully saturated rings. The van der Waals surface area contributed by atoms with Crippen molar-refractivity contribution in [3.8, 4) is 28.6 Å². The van der Waals surface area contributed by atoms with Crippen molar-refractivity contribution in [3.05, 3.63) is 89.4 Å². The van der Waals surface area contributed by atoms with E-state index in [-0.39, 0.29) is 5.41 Å². The summed E-state index contributed by atoms with van der Waals surface area (Å²) >= 11 is 0. The number of imidazole rings is 2. The molecule has 0 saturated carbocycles. The van der Waals surface area contributed by atoms with Crippen LogP contribution < -0.4 is 4.74 Å². The molecule has 0 saturated heterocycles. The standard InChI is InChI=1S/C29H31N5O/c1-18-20(3)33(17-31-18)23-9-8-10-24(14-23)35-25-15-27(34-21(4)19(2)32-28(34)16-25)26-13-22(11-12-30-26)29(5,6)7/h8-17H,1-7H3. The minimum atomic E-state index is 0.0229. The van der Waals surface area contributed by atoms with Gasteiger partial charge >= 0.3 is 0 Å². The summed E-state index contributed by atoms with van der Waals surface area (Å²) in [6.45, 7) is 14.8. The molecule has 0 aliphatic rings. The van der Waals surface area contributed by atoms with Crippen molar-refractivity contribution >= 4 is 5.65 Å². The average Bonchev–Trinajstić information content (AvgIpc) is 3.30. The Kier molecular flexibility index (Phi) is 5.47. The van der Waals surface area contributed by atoms with E-state index in [1.165, 1.54) is 5.56 Å². The van der Waals surface area contributed by atoms with Gasteiger partial charge in [0.1, 0.15) is 17.1 Å². The monoisotopic (exact) mass is 465 g/mol. The Labute approximate surface area is 206 Å². The molecule has 5 rings (SSSR count). The van der Waals surface area contributed by atoms with Crippen molar-refractivity contribution in [2.24, 2.45) is 0 Å². The molecule has 0 radical (unpaired) electrons. The predicted molar refractivity (Wildman–Crippen MR) is 140 cm³/mol. The normalized spacial score (nSPS) is 11.9. The molecule has 0 amide bonds. The first kappa shape index (κ1) is 22.8. The van der Waals surface area contributed by atoms with Crippen LogP contribution in [-0.4, -0.2) is 23.9 Å². The molecule has 5 aromatic rings.